The van der Waals surface area contributed by atoms with Crippen LogP contribution < -0.4 is 4.90 Å². The van der Waals surface area contributed by atoms with Crippen LogP contribution >= 0.6 is 31.0 Å². The first-order valence-electron chi connectivity index (χ1n) is 19.1. The molecule has 0 bridgehead atoms. The number of nitrogens with zero attached hydrogens (tertiary/aromatic N) is 2. The Balaban J connectivity index is 0.000000185. The minimum absolute atomic E-state index is 0.0680. The Hall–Kier alpha value is -2.78. The van der Waals surface area contributed by atoms with Crippen molar-refractivity contribution < 1.29 is 13.5 Å². The molecule has 7 rings (SSSR count). The van der Waals surface area contributed by atoms with E-state index in [2.05, 4.69) is 167 Å². The number of fused-ring (bicyclic) bond motifs is 2. The van der Waals surface area contributed by atoms with Crippen LogP contribution in [0.4, 0.5) is 5.69 Å². The molecule has 1 atom stereocenters. The SMILES string of the molecule is CC(C)c1cccc(C(C)C)c1N1[CH-][C@]2(CCc3c(Cl)cccc32)CC1(C)C.[Cl][Ru]([Cl])=[CH]c1ccccc1CN(Cc1ccccc1)Cc1ccccc1. The van der Waals surface area contributed by atoms with Crippen LogP contribution in [0.15, 0.2) is 121 Å². The van der Waals surface area contributed by atoms with Crippen molar-refractivity contribution in [2.75, 3.05) is 4.90 Å². The number of hydrogen-bond donors (Lipinski definition) is 0. The Morgan fingerprint density at radius 1 is 0.722 bits per heavy atom. The molecular weight excluding hydrogens is 812 g/mol. The molecule has 5 aromatic rings. The molecule has 0 saturated carbocycles. The van der Waals surface area contributed by atoms with E-state index in [0.29, 0.717) is 11.8 Å². The Morgan fingerprint density at radius 3 is 1.85 bits per heavy atom. The maximum absolute atomic E-state index is 6.56. The summed E-state index contributed by atoms with van der Waals surface area (Å²) in [5, 5.41) is 0.935. The zero-order valence-corrected chi connectivity index (χ0v) is 36.5. The fourth-order valence-electron chi connectivity index (χ4n) is 8.51. The van der Waals surface area contributed by atoms with Gasteiger partial charge in [0.15, 0.2) is 0 Å². The first kappa shape index (κ1) is 40.9. The van der Waals surface area contributed by atoms with Gasteiger partial charge in [0.2, 0.25) is 0 Å². The zero-order valence-electron chi connectivity index (χ0n) is 32.5. The molecule has 0 unspecified atom stereocenters. The first-order chi connectivity index (χ1) is 25.9. The maximum atomic E-state index is 6.56. The van der Waals surface area contributed by atoms with Gasteiger partial charge in [0.25, 0.3) is 0 Å². The molecule has 0 aromatic heterocycles. The van der Waals surface area contributed by atoms with Crippen molar-refractivity contribution >= 4 is 41.3 Å². The fourth-order valence-corrected chi connectivity index (χ4v) is 10.7. The van der Waals surface area contributed by atoms with Gasteiger partial charge in [-0.25, -0.2) is 6.54 Å². The third-order valence-corrected chi connectivity index (χ3v) is 13.2. The van der Waals surface area contributed by atoms with Gasteiger partial charge in [-0.1, -0.05) is 81.6 Å². The summed E-state index contributed by atoms with van der Waals surface area (Å²) in [6.07, 6.45) is 3.38. The Labute approximate surface area is 343 Å². The molecule has 1 aliphatic carbocycles. The summed E-state index contributed by atoms with van der Waals surface area (Å²) in [5.41, 5.74) is 12.4. The van der Waals surface area contributed by atoms with Gasteiger partial charge in [-0.2, -0.15) is 0 Å². The zero-order chi connectivity index (χ0) is 38.5. The second-order valence-electron chi connectivity index (χ2n) is 16.1. The molecule has 1 fully saturated rings. The molecule has 286 valence electrons. The van der Waals surface area contributed by atoms with Crippen molar-refractivity contribution in [1.29, 1.82) is 0 Å². The van der Waals surface area contributed by atoms with Gasteiger partial charge >= 0.3 is 169 Å². The second-order valence-corrected chi connectivity index (χ2v) is 22.3. The van der Waals surface area contributed by atoms with Crippen LogP contribution in [0, 0.1) is 6.54 Å². The van der Waals surface area contributed by atoms with E-state index in [-0.39, 0.29) is 11.0 Å². The Morgan fingerprint density at radius 2 is 1.28 bits per heavy atom. The van der Waals surface area contributed by atoms with Gasteiger partial charge in [-0.15, -0.1) is 5.41 Å². The van der Waals surface area contributed by atoms with Gasteiger partial charge < -0.3 is 4.90 Å². The summed E-state index contributed by atoms with van der Waals surface area (Å²) in [4.78, 5) is 5.07. The molecule has 1 spiro atoms. The minimum atomic E-state index is -1.85. The van der Waals surface area contributed by atoms with E-state index in [1.54, 1.807) is 0 Å². The van der Waals surface area contributed by atoms with E-state index >= 15 is 0 Å². The van der Waals surface area contributed by atoms with Crippen LogP contribution in [-0.4, -0.2) is 15.0 Å². The molecular formula is C48H54Cl3N2Ru-. The number of para-hydroxylation sites is 1. The summed E-state index contributed by atoms with van der Waals surface area (Å²) in [6.45, 7) is 19.3. The molecule has 0 radical (unpaired) electrons. The number of benzene rings is 5. The molecule has 1 saturated heterocycles. The number of rotatable bonds is 10. The van der Waals surface area contributed by atoms with Gasteiger partial charge in [0.1, 0.15) is 0 Å². The van der Waals surface area contributed by atoms with Crippen LogP contribution in [0.25, 0.3) is 0 Å². The first-order valence-corrected chi connectivity index (χ1v) is 25.0. The van der Waals surface area contributed by atoms with Crippen molar-refractivity contribution in [2.24, 2.45) is 0 Å². The quantitative estimate of drug-likeness (QED) is 0.102. The molecule has 2 aliphatic rings. The van der Waals surface area contributed by atoms with Crippen LogP contribution in [0.2, 0.25) is 5.02 Å². The van der Waals surface area contributed by atoms with Crippen LogP contribution in [0.5, 0.6) is 0 Å². The fraction of sp³-hybridized carbons (Fsp3) is 0.333. The van der Waals surface area contributed by atoms with Crippen LogP contribution in [0.1, 0.15) is 111 Å². The number of hydrogen-bond acceptors (Lipinski definition) is 2. The third-order valence-electron chi connectivity index (χ3n) is 11.0. The van der Waals surface area contributed by atoms with Crippen LogP contribution in [0.3, 0.4) is 0 Å². The summed E-state index contributed by atoms with van der Waals surface area (Å²) in [6, 6.07) is 42.9. The van der Waals surface area contributed by atoms with Crippen molar-refractivity contribution in [3.8, 4) is 0 Å². The average Bonchev–Trinajstić information content (AvgIpc) is 3.64. The van der Waals surface area contributed by atoms with Gasteiger partial charge in [-0.3, -0.25) is 0 Å². The summed E-state index contributed by atoms with van der Waals surface area (Å²) in [7, 11) is 12.2. The Kier molecular flexibility index (Phi) is 13.6. The third kappa shape index (κ3) is 9.60. The van der Waals surface area contributed by atoms with E-state index in [1.165, 1.54) is 44.6 Å². The molecule has 1 heterocycles. The predicted octanol–water partition coefficient (Wildman–Crippen LogP) is 13.6. The topological polar surface area (TPSA) is 6.48 Å². The predicted molar refractivity (Wildman–Crippen MR) is 231 cm³/mol. The van der Waals surface area contributed by atoms with Crippen LogP contribution in [-0.2, 0) is 45.0 Å². The summed E-state index contributed by atoms with van der Waals surface area (Å²) in [5.74, 6) is 1.000. The van der Waals surface area contributed by atoms with Gasteiger partial charge in [0, 0.05) is 16.2 Å². The van der Waals surface area contributed by atoms with Gasteiger partial charge in [-0.05, 0) is 61.3 Å². The van der Waals surface area contributed by atoms with E-state index in [4.69, 9.17) is 31.0 Å². The average molecular weight is 866 g/mol. The molecule has 1 aliphatic heterocycles. The molecule has 2 nitrogen and oxygen atoms in total. The van der Waals surface area contributed by atoms with E-state index in [1.807, 2.05) is 16.7 Å². The molecule has 5 aromatic carbocycles. The van der Waals surface area contributed by atoms with Crippen molar-refractivity contribution in [3.05, 3.63) is 177 Å². The molecule has 6 heteroatoms. The summed E-state index contributed by atoms with van der Waals surface area (Å²) >= 11 is 4.71. The van der Waals surface area contributed by atoms with Gasteiger partial charge in [0.05, 0.1) is 0 Å². The van der Waals surface area contributed by atoms with Crippen molar-refractivity contribution in [2.45, 2.75) is 103 Å². The molecule has 0 N–H and O–H groups in total. The second kappa shape index (κ2) is 18.0. The summed E-state index contributed by atoms with van der Waals surface area (Å²) < 4.78 is 2.03. The number of halogens is 3. The molecule has 54 heavy (non-hydrogen) atoms. The monoisotopic (exact) mass is 865 g/mol. The van der Waals surface area contributed by atoms with Crippen molar-refractivity contribution in [3.63, 3.8) is 0 Å². The van der Waals surface area contributed by atoms with E-state index in [9.17, 15) is 0 Å². The van der Waals surface area contributed by atoms with Crippen molar-refractivity contribution in [1.82, 2.24) is 4.90 Å². The Bertz CT molecular complexity index is 1970. The normalized spacial score (nSPS) is 17.6. The van der Waals surface area contributed by atoms with E-state index < -0.39 is 13.5 Å². The standard InChI is InChI=1S/C26H33ClN.C22H21N.2ClH.Ru/c1-17(2)19-9-7-10-20(18(3)4)24(19)28-16-26(15-25(28,5)6)14-13-21-22(26)11-8-12-23(21)27;1-19-10-8-9-15-22(19)18-23(16-20-11-4-2-5-12-20)17-21-13-6-3-7-14-21;;;/h7-12,16-18H,13-15H2,1-6H3;1-15H,16-18H2;2*1H;/q-1;;;;+2/p-2/t26-;;;;/m0..../s1. The molecule has 0 amide bonds. The number of anilines is 1. The van der Waals surface area contributed by atoms with E-state index in [0.717, 1.165) is 49.5 Å².